The molecule has 1 amide bonds. The van der Waals surface area contributed by atoms with Gasteiger partial charge >= 0.3 is 0 Å². The molecule has 0 saturated carbocycles. The smallest absolute Gasteiger partial charge is 0.236 e. The zero-order valence-electron chi connectivity index (χ0n) is 15.5. The van der Waals surface area contributed by atoms with E-state index in [1.165, 1.54) is 12.1 Å². The van der Waals surface area contributed by atoms with Crippen LogP contribution in [0, 0.1) is 11.6 Å². The molecule has 7 heteroatoms. The van der Waals surface area contributed by atoms with E-state index in [1.54, 1.807) is 6.07 Å². The second-order valence-electron chi connectivity index (χ2n) is 7.12. The predicted octanol–water partition coefficient (Wildman–Crippen LogP) is 1.25. The Bertz CT molecular complexity index is 612. The lowest BCUT2D eigenvalue weighted by molar-refractivity contribution is -0.134. The van der Waals surface area contributed by atoms with Crippen LogP contribution in [-0.4, -0.2) is 91.0 Å². The van der Waals surface area contributed by atoms with E-state index < -0.39 is 11.6 Å². The Labute approximate surface area is 154 Å². The summed E-state index contributed by atoms with van der Waals surface area (Å²) in [7, 11) is 0. The molecular weight excluding hydrogens is 338 g/mol. The number of carbonyl (C=O) groups is 1. The largest absolute Gasteiger partial charge is 0.339 e. The van der Waals surface area contributed by atoms with Crippen molar-refractivity contribution in [2.24, 2.45) is 0 Å². The van der Waals surface area contributed by atoms with Crippen LogP contribution in [0.2, 0.25) is 0 Å². The Morgan fingerprint density at radius 3 is 2.12 bits per heavy atom. The molecule has 0 bridgehead atoms. The zero-order valence-corrected chi connectivity index (χ0v) is 15.5. The van der Waals surface area contributed by atoms with Gasteiger partial charge in [0.15, 0.2) is 11.6 Å². The van der Waals surface area contributed by atoms with E-state index in [-0.39, 0.29) is 5.91 Å². The minimum absolute atomic E-state index is 0.197. The summed E-state index contributed by atoms with van der Waals surface area (Å²) < 4.78 is 26.3. The fraction of sp³-hybridized carbons (Fsp3) is 0.632. The summed E-state index contributed by atoms with van der Waals surface area (Å²) in [6.07, 6.45) is 0. The molecular formula is C19H28F2N4O. The van der Waals surface area contributed by atoms with Crippen molar-refractivity contribution >= 4 is 5.91 Å². The maximum Gasteiger partial charge on any atom is 0.236 e. The Morgan fingerprint density at radius 1 is 0.885 bits per heavy atom. The van der Waals surface area contributed by atoms with Gasteiger partial charge < -0.3 is 9.80 Å². The van der Waals surface area contributed by atoms with Crippen LogP contribution >= 0.6 is 0 Å². The molecule has 0 aromatic heterocycles. The highest BCUT2D eigenvalue weighted by Gasteiger charge is 2.24. The highest BCUT2D eigenvalue weighted by Crippen LogP contribution is 2.13. The molecule has 2 fully saturated rings. The third-order valence-corrected chi connectivity index (χ3v) is 5.39. The standard InChI is InChI=1S/C19H28F2N4O/c1-2-22-5-7-24(8-6-22)15-19(26)25-11-9-23(10-12-25)14-16-3-4-17(20)18(21)13-16/h3-4,13H,2,5-12,14-15H2,1H3. The summed E-state index contributed by atoms with van der Waals surface area (Å²) in [6, 6.07) is 4.04. The van der Waals surface area contributed by atoms with E-state index >= 15 is 0 Å². The van der Waals surface area contributed by atoms with E-state index in [2.05, 4.69) is 21.6 Å². The van der Waals surface area contributed by atoms with Crippen molar-refractivity contribution in [3.8, 4) is 0 Å². The molecule has 2 aliphatic heterocycles. The molecule has 0 unspecified atom stereocenters. The highest BCUT2D eigenvalue weighted by atomic mass is 19.2. The molecule has 0 radical (unpaired) electrons. The Hall–Kier alpha value is -1.57. The fourth-order valence-corrected chi connectivity index (χ4v) is 3.61. The van der Waals surface area contributed by atoms with Gasteiger partial charge in [-0.25, -0.2) is 8.78 Å². The van der Waals surface area contributed by atoms with Crippen LogP contribution in [0.5, 0.6) is 0 Å². The van der Waals surface area contributed by atoms with Crippen molar-refractivity contribution < 1.29 is 13.6 Å². The van der Waals surface area contributed by atoms with Gasteiger partial charge in [-0.15, -0.1) is 0 Å². The van der Waals surface area contributed by atoms with E-state index in [0.717, 1.165) is 51.4 Å². The summed E-state index contributed by atoms with van der Waals surface area (Å²) in [5, 5.41) is 0. The van der Waals surface area contributed by atoms with E-state index in [1.807, 2.05) is 4.90 Å². The number of amides is 1. The number of carbonyl (C=O) groups excluding carboxylic acids is 1. The first-order valence-electron chi connectivity index (χ1n) is 9.44. The lowest BCUT2D eigenvalue weighted by Gasteiger charge is -2.37. The maximum absolute atomic E-state index is 13.3. The van der Waals surface area contributed by atoms with Crippen molar-refractivity contribution in [1.29, 1.82) is 0 Å². The molecule has 0 atom stereocenters. The van der Waals surface area contributed by atoms with Gasteiger partial charge in [-0.05, 0) is 24.2 Å². The zero-order chi connectivity index (χ0) is 18.5. The Morgan fingerprint density at radius 2 is 1.50 bits per heavy atom. The first kappa shape index (κ1) is 19.2. The molecule has 1 aromatic rings. The van der Waals surface area contributed by atoms with E-state index in [0.29, 0.717) is 26.2 Å². The highest BCUT2D eigenvalue weighted by molar-refractivity contribution is 5.78. The van der Waals surface area contributed by atoms with E-state index in [4.69, 9.17) is 0 Å². The van der Waals surface area contributed by atoms with E-state index in [9.17, 15) is 13.6 Å². The molecule has 2 heterocycles. The first-order valence-corrected chi connectivity index (χ1v) is 9.44. The summed E-state index contributed by atoms with van der Waals surface area (Å²) in [5.74, 6) is -1.43. The normalized spacial score (nSPS) is 20.5. The Balaban J connectivity index is 1.41. The summed E-state index contributed by atoms with van der Waals surface area (Å²) in [5.41, 5.74) is 0.762. The van der Waals surface area contributed by atoms with Crippen molar-refractivity contribution in [1.82, 2.24) is 19.6 Å². The molecule has 26 heavy (non-hydrogen) atoms. The van der Waals surface area contributed by atoms with Crippen LogP contribution in [0.1, 0.15) is 12.5 Å². The number of likely N-dealkylation sites (N-methyl/N-ethyl adjacent to an activating group) is 1. The second-order valence-corrected chi connectivity index (χ2v) is 7.12. The molecule has 3 rings (SSSR count). The number of benzene rings is 1. The van der Waals surface area contributed by atoms with Gasteiger partial charge in [-0.3, -0.25) is 14.6 Å². The van der Waals surface area contributed by atoms with Gasteiger partial charge in [-0.1, -0.05) is 13.0 Å². The molecule has 2 saturated heterocycles. The number of hydrogen-bond acceptors (Lipinski definition) is 4. The number of hydrogen-bond donors (Lipinski definition) is 0. The van der Waals surface area contributed by atoms with Crippen molar-refractivity contribution in [2.75, 3.05) is 65.4 Å². The maximum atomic E-state index is 13.3. The predicted molar refractivity (Wildman–Crippen MR) is 96.8 cm³/mol. The van der Waals surface area contributed by atoms with Crippen molar-refractivity contribution in [3.63, 3.8) is 0 Å². The number of piperazine rings is 2. The quantitative estimate of drug-likeness (QED) is 0.785. The molecule has 0 N–H and O–H groups in total. The number of halogens is 2. The summed E-state index contributed by atoms with van der Waals surface area (Å²) in [4.78, 5) is 21.3. The summed E-state index contributed by atoms with van der Waals surface area (Å²) in [6.45, 7) is 11.2. The SMILES string of the molecule is CCN1CCN(CC(=O)N2CCN(Cc3ccc(F)c(F)c3)CC2)CC1. The van der Waals surface area contributed by atoms with Gasteiger partial charge in [0.1, 0.15) is 0 Å². The monoisotopic (exact) mass is 366 g/mol. The molecule has 0 spiro atoms. The third-order valence-electron chi connectivity index (χ3n) is 5.39. The minimum atomic E-state index is -0.816. The van der Waals surface area contributed by atoms with Crippen LogP contribution in [0.4, 0.5) is 8.78 Å². The lowest BCUT2D eigenvalue weighted by Crippen LogP contribution is -2.53. The van der Waals surface area contributed by atoms with Crippen LogP contribution in [0.15, 0.2) is 18.2 Å². The van der Waals surface area contributed by atoms with Crippen LogP contribution in [0.3, 0.4) is 0 Å². The topological polar surface area (TPSA) is 30.0 Å². The van der Waals surface area contributed by atoms with Crippen molar-refractivity contribution in [3.05, 3.63) is 35.4 Å². The van der Waals surface area contributed by atoms with Gasteiger partial charge in [0.05, 0.1) is 6.54 Å². The fourth-order valence-electron chi connectivity index (χ4n) is 3.61. The molecule has 1 aromatic carbocycles. The van der Waals surface area contributed by atoms with Gasteiger partial charge in [0.2, 0.25) is 5.91 Å². The third kappa shape index (κ3) is 4.99. The van der Waals surface area contributed by atoms with Crippen LogP contribution in [-0.2, 0) is 11.3 Å². The first-order chi connectivity index (χ1) is 12.5. The molecule has 0 aliphatic carbocycles. The minimum Gasteiger partial charge on any atom is -0.339 e. The van der Waals surface area contributed by atoms with Crippen LogP contribution in [0.25, 0.3) is 0 Å². The molecule has 5 nitrogen and oxygen atoms in total. The molecule has 144 valence electrons. The van der Waals surface area contributed by atoms with Crippen molar-refractivity contribution in [2.45, 2.75) is 13.5 Å². The number of nitrogens with zero attached hydrogens (tertiary/aromatic N) is 4. The number of rotatable bonds is 5. The van der Waals surface area contributed by atoms with Gasteiger partial charge in [-0.2, -0.15) is 0 Å². The van der Waals surface area contributed by atoms with Gasteiger partial charge in [0.25, 0.3) is 0 Å². The lowest BCUT2D eigenvalue weighted by atomic mass is 10.2. The average Bonchev–Trinajstić information content (AvgIpc) is 2.66. The van der Waals surface area contributed by atoms with Crippen LogP contribution < -0.4 is 0 Å². The Kier molecular flexibility index (Phi) is 6.56. The molecule has 2 aliphatic rings. The second kappa shape index (κ2) is 8.88. The summed E-state index contributed by atoms with van der Waals surface area (Å²) >= 11 is 0. The van der Waals surface area contributed by atoms with Gasteiger partial charge in [0, 0.05) is 58.9 Å². The average molecular weight is 366 g/mol.